The first-order valence-corrected chi connectivity index (χ1v) is 13.6. The van der Waals surface area contributed by atoms with Crippen molar-refractivity contribution in [3.05, 3.63) is 108 Å². The van der Waals surface area contributed by atoms with Crippen LogP contribution in [0, 0.1) is 6.92 Å². The number of aliphatic imine (C=N–C) groups is 1. The van der Waals surface area contributed by atoms with Gasteiger partial charge in [-0.2, -0.15) is 0 Å². The van der Waals surface area contributed by atoms with E-state index in [9.17, 15) is 4.79 Å². The summed E-state index contributed by atoms with van der Waals surface area (Å²) in [5.74, 6) is 1.30. The molecule has 2 aromatic heterocycles. The van der Waals surface area contributed by atoms with Crippen LogP contribution >= 0.6 is 0 Å². The van der Waals surface area contributed by atoms with E-state index in [1.807, 2.05) is 97.5 Å². The molecule has 0 saturated heterocycles. The zero-order valence-corrected chi connectivity index (χ0v) is 24.3. The number of rotatable bonds is 6. The summed E-state index contributed by atoms with van der Waals surface area (Å²) in [4.78, 5) is 26.8. The molecule has 2 heterocycles. The Kier molecular flexibility index (Phi) is 7.57. The largest absolute Gasteiger partial charge is 0.373 e. The highest BCUT2D eigenvalue weighted by atomic mass is 16.1. The number of anilines is 3. The van der Waals surface area contributed by atoms with E-state index in [2.05, 4.69) is 46.7 Å². The summed E-state index contributed by atoms with van der Waals surface area (Å²) in [7, 11) is 3.61. The number of benzene rings is 3. The molecule has 0 saturated carbocycles. The van der Waals surface area contributed by atoms with Gasteiger partial charge in [-0.1, -0.05) is 45.0 Å². The predicted molar refractivity (Wildman–Crippen MR) is 168 cm³/mol. The van der Waals surface area contributed by atoms with Crippen LogP contribution < -0.4 is 16.0 Å². The van der Waals surface area contributed by atoms with Crippen molar-refractivity contribution in [1.82, 2.24) is 19.7 Å². The van der Waals surface area contributed by atoms with Crippen LogP contribution in [0.3, 0.4) is 0 Å². The third kappa shape index (κ3) is 5.82. The van der Waals surface area contributed by atoms with Crippen LogP contribution in [-0.4, -0.2) is 40.2 Å². The van der Waals surface area contributed by atoms with Gasteiger partial charge in [-0.25, -0.2) is 9.97 Å². The lowest BCUT2D eigenvalue weighted by molar-refractivity contribution is 0.102. The average molecular weight is 546 g/mol. The molecule has 0 fully saturated rings. The molecule has 0 atom stereocenters. The number of amidine groups is 1. The fourth-order valence-corrected chi connectivity index (χ4v) is 4.74. The lowest BCUT2D eigenvalue weighted by Crippen LogP contribution is -2.19. The summed E-state index contributed by atoms with van der Waals surface area (Å²) < 4.78 is 1.95. The molecule has 3 aromatic carbocycles. The second-order valence-corrected chi connectivity index (χ2v) is 10.9. The van der Waals surface area contributed by atoms with E-state index in [4.69, 9.17) is 4.98 Å². The van der Waals surface area contributed by atoms with Gasteiger partial charge in [0, 0.05) is 60.8 Å². The minimum Gasteiger partial charge on any atom is -0.373 e. The smallest absolute Gasteiger partial charge is 0.255 e. The Bertz CT molecular complexity index is 1730. The van der Waals surface area contributed by atoms with Crippen molar-refractivity contribution >= 4 is 34.6 Å². The lowest BCUT2D eigenvalue weighted by Gasteiger charge is -2.19. The molecule has 8 nitrogen and oxygen atoms in total. The van der Waals surface area contributed by atoms with Crippen LogP contribution in [0.25, 0.3) is 16.9 Å². The van der Waals surface area contributed by atoms with Gasteiger partial charge in [0.1, 0.15) is 5.84 Å². The molecule has 8 heteroatoms. The molecule has 208 valence electrons. The maximum atomic E-state index is 13.1. The van der Waals surface area contributed by atoms with Gasteiger partial charge in [-0.3, -0.25) is 9.79 Å². The van der Waals surface area contributed by atoms with Crippen LogP contribution in [0.5, 0.6) is 0 Å². The van der Waals surface area contributed by atoms with Crippen molar-refractivity contribution in [2.45, 2.75) is 33.1 Å². The van der Waals surface area contributed by atoms with E-state index in [0.29, 0.717) is 17.0 Å². The molecule has 0 radical (unpaired) electrons. The fraction of sp³-hybridized carbons (Fsp3) is 0.212. The first kappa shape index (κ1) is 27.6. The number of nitrogens with zero attached hydrogens (tertiary/aromatic N) is 4. The highest BCUT2D eigenvalue weighted by Gasteiger charge is 2.17. The summed E-state index contributed by atoms with van der Waals surface area (Å²) in [6.45, 7) is 8.47. The van der Waals surface area contributed by atoms with Gasteiger partial charge < -0.3 is 20.4 Å². The average Bonchev–Trinajstić information content (AvgIpc) is 3.44. The molecule has 0 aliphatic heterocycles. The van der Waals surface area contributed by atoms with E-state index in [-0.39, 0.29) is 11.3 Å². The van der Waals surface area contributed by atoms with Gasteiger partial charge >= 0.3 is 0 Å². The first-order valence-electron chi connectivity index (χ1n) is 13.6. The quantitative estimate of drug-likeness (QED) is 0.165. The number of hydrogen-bond donors (Lipinski definition) is 3. The number of carbonyl (C=O) groups is 1. The molecule has 0 bridgehead atoms. The zero-order valence-electron chi connectivity index (χ0n) is 24.3. The van der Waals surface area contributed by atoms with Crippen molar-refractivity contribution in [2.24, 2.45) is 4.99 Å². The lowest BCUT2D eigenvalue weighted by atomic mass is 9.86. The molecule has 0 spiro atoms. The van der Waals surface area contributed by atoms with Crippen LogP contribution in [0.1, 0.15) is 47.8 Å². The summed E-state index contributed by atoms with van der Waals surface area (Å²) in [6, 6.07) is 21.6. The summed E-state index contributed by atoms with van der Waals surface area (Å²) in [6.07, 6.45) is 5.60. The second kappa shape index (κ2) is 11.3. The molecule has 5 aromatic rings. The Morgan fingerprint density at radius 1 is 0.951 bits per heavy atom. The SMILES string of the molecule is CN=C(NC)c1ccc(Nc2nc(-c3cccc(NC(=O)c4ccc(C(C)(C)C)cc4)c3C)cn3ccnc23)cc1. The molecule has 5 rings (SSSR count). The number of imidazole rings is 1. The molecule has 0 aliphatic carbocycles. The van der Waals surface area contributed by atoms with Crippen molar-refractivity contribution in [3.8, 4) is 11.3 Å². The minimum atomic E-state index is -0.149. The van der Waals surface area contributed by atoms with Gasteiger partial charge in [-0.15, -0.1) is 0 Å². The normalized spacial score (nSPS) is 11.9. The van der Waals surface area contributed by atoms with Gasteiger partial charge in [0.2, 0.25) is 0 Å². The number of nitrogens with one attached hydrogen (secondary N) is 3. The van der Waals surface area contributed by atoms with Crippen LogP contribution in [0.15, 0.2) is 90.3 Å². The van der Waals surface area contributed by atoms with E-state index in [1.54, 1.807) is 13.2 Å². The molecule has 0 unspecified atom stereocenters. The molecule has 41 heavy (non-hydrogen) atoms. The number of hydrogen-bond acceptors (Lipinski definition) is 5. The van der Waals surface area contributed by atoms with Crippen molar-refractivity contribution in [2.75, 3.05) is 24.7 Å². The topological polar surface area (TPSA) is 95.7 Å². The first-order chi connectivity index (χ1) is 19.7. The monoisotopic (exact) mass is 545 g/mol. The Morgan fingerprint density at radius 3 is 2.32 bits per heavy atom. The predicted octanol–water partition coefficient (Wildman–Crippen LogP) is 6.59. The molecular weight excluding hydrogens is 510 g/mol. The number of aromatic nitrogens is 3. The van der Waals surface area contributed by atoms with Gasteiger partial charge in [0.15, 0.2) is 11.5 Å². The highest BCUT2D eigenvalue weighted by Crippen LogP contribution is 2.31. The van der Waals surface area contributed by atoms with Crippen molar-refractivity contribution < 1.29 is 4.79 Å². The van der Waals surface area contributed by atoms with Crippen molar-refractivity contribution in [1.29, 1.82) is 0 Å². The summed E-state index contributed by atoms with van der Waals surface area (Å²) in [5, 5.41) is 9.61. The summed E-state index contributed by atoms with van der Waals surface area (Å²) >= 11 is 0. The molecule has 0 aliphatic rings. The Morgan fingerprint density at radius 2 is 1.66 bits per heavy atom. The van der Waals surface area contributed by atoms with E-state index >= 15 is 0 Å². The highest BCUT2D eigenvalue weighted by molar-refractivity contribution is 6.05. The van der Waals surface area contributed by atoms with E-state index in [0.717, 1.165) is 39.6 Å². The molecular formula is C33H35N7O. The zero-order chi connectivity index (χ0) is 29.1. The Balaban J connectivity index is 1.43. The maximum absolute atomic E-state index is 13.1. The Hall–Kier alpha value is -4.98. The number of carbonyl (C=O) groups excluding carboxylic acids is 1. The molecule has 1 amide bonds. The third-order valence-electron chi connectivity index (χ3n) is 7.13. The van der Waals surface area contributed by atoms with E-state index < -0.39 is 0 Å². The minimum absolute atomic E-state index is 0.0281. The van der Waals surface area contributed by atoms with Gasteiger partial charge in [0.05, 0.1) is 5.69 Å². The van der Waals surface area contributed by atoms with E-state index in [1.165, 1.54) is 5.56 Å². The maximum Gasteiger partial charge on any atom is 0.255 e. The number of amides is 1. The third-order valence-corrected chi connectivity index (χ3v) is 7.13. The van der Waals surface area contributed by atoms with Crippen LogP contribution in [-0.2, 0) is 5.41 Å². The number of fused-ring (bicyclic) bond motifs is 1. The fourth-order valence-electron chi connectivity index (χ4n) is 4.74. The Labute approximate surface area is 240 Å². The standard InChI is InChI=1S/C33H35N7O/c1-21-26(8-7-9-27(21)39-32(41)23-10-14-24(15-11-23)33(2,3)4)28-20-40-19-18-36-31(40)30(38-28)37-25-16-12-22(13-17-25)29(34-5)35-6/h7-20H,1-6H3,(H,34,35)(H,37,38)(H,39,41). The summed E-state index contributed by atoms with van der Waals surface area (Å²) in [5.41, 5.74) is 7.75. The van der Waals surface area contributed by atoms with Gasteiger partial charge in [-0.05, 0) is 65.9 Å². The molecule has 3 N–H and O–H groups in total. The second-order valence-electron chi connectivity index (χ2n) is 10.9. The van der Waals surface area contributed by atoms with Gasteiger partial charge in [0.25, 0.3) is 5.91 Å². The van der Waals surface area contributed by atoms with Crippen LogP contribution in [0.2, 0.25) is 0 Å². The van der Waals surface area contributed by atoms with Crippen molar-refractivity contribution in [3.63, 3.8) is 0 Å². The van der Waals surface area contributed by atoms with Crippen LogP contribution in [0.4, 0.5) is 17.2 Å².